The van der Waals surface area contributed by atoms with Gasteiger partial charge in [0.05, 0.1) is 22.5 Å². The third-order valence-electron chi connectivity index (χ3n) is 3.13. The number of carbonyl (C=O) groups is 1. The largest absolute Gasteiger partial charge is 0.361 e. The first-order valence-electron chi connectivity index (χ1n) is 6.16. The van der Waals surface area contributed by atoms with E-state index in [0.29, 0.717) is 22.1 Å². The van der Waals surface area contributed by atoms with Gasteiger partial charge in [-0.1, -0.05) is 23.7 Å². The molecular formula is C15H12ClN3O. The number of amides is 1. The van der Waals surface area contributed by atoms with Crippen LogP contribution in [0.25, 0.3) is 10.9 Å². The maximum atomic E-state index is 12.4. The smallest absolute Gasteiger partial charge is 0.257 e. The molecule has 2 aromatic heterocycles. The van der Waals surface area contributed by atoms with Crippen molar-refractivity contribution in [2.24, 2.45) is 0 Å². The molecule has 3 rings (SSSR count). The molecule has 0 unspecified atom stereocenters. The van der Waals surface area contributed by atoms with Crippen LogP contribution in [0.2, 0.25) is 5.15 Å². The van der Waals surface area contributed by atoms with Crippen molar-refractivity contribution >= 4 is 34.1 Å². The number of H-pyrrole nitrogens is 1. The summed E-state index contributed by atoms with van der Waals surface area (Å²) in [7, 11) is 0. The van der Waals surface area contributed by atoms with E-state index in [0.717, 1.165) is 10.9 Å². The molecule has 0 radical (unpaired) electrons. The number of nitrogens with zero attached hydrogens (tertiary/aromatic N) is 1. The Morgan fingerprint density at radius 1 is 1.25 bits per heavy atom. The van der Waals surface area contributed by atoms with Gasteiger partial charge in [-0.15, -0.1) is 0 Å². The number of carbonyl (C=O) groups excluding carboxylic acids is 1. The topological polar surface area (TPSA) is 57.8 Å². The zero-order valence-corrected chi connectivity index (χ0v) is 11.5. The molecule has 2 N–H and O–H groups in total. The van der Waals surface area contributed by atoms with E-state index in [1.807, 2.05) is 24.4 Å². The Balaban J connectivity index is 1.95. The second-order valence-corrected chi connectivity index (χ2v) is 4.86. The van der Waals surface area contributed by atoms with Gasteiger partial charge in [-0.25, -0.2) is 4.98 Å². The van der Waals surface area contributed by atoms with Crippen LogP contribution >= 0.6 is 11.6 Å². The van der Waals surface area contributed by atoms with Gasteiger partial charge in [0.25, 0.3) is 5.91 Å². The molecule has 0 atom stereocenters. The van der Waals surface area contributed by atoms with Gasteiger partial charge in [-0.3, -0.25) is 4.79 Å². The van der Waals surface area contributed by atoms with Crippen molar-refractivity contribution in [2.75, 3.05) is 5.32 Å². The highest BCUT2D eigenvalue weighted by atomic mass is 35.5. The van der Waals surface area contributed by atoms with Crippen LogP contribution in [0.5, 0.6) is 0 Å². The molecule has 0 aliphatic heterocycles. The molecule has 100 valence electrons. The van der Waals surface area contributed by atoms with Gasteiger partial charge in [0.2, 0.25) is 0 Å². The number of anilines is 1. The fourth-order valence-electron chi connectivity index (χ4n) is 2.13. The number of para-hydroxylation sites is 1. The number of aromatic amines is 1. The standard InChI is InChI=1S/C15H12ClN3O/c1-9-12(5-6-13(16)18-9)19-15(20)11-4-2-3-10-7-8-17-14(10)11/h2-8,17H,1H3,(H,19,20). The summed E-state index contributed by atoms with van der Waals surface area (Å²) in [5.41, 5.74) is 2.76. The Labute approximate surface area is 120 Å². The molecule has 3 aromatic rings. The fraction of sp³-hybridized carbons (Fsp3) is 0.0667. The van der Waals surface area contributed by atoms with Crippen molar-refractivity contribution < 1.29 is 4.79 Å². The van der Waals surface area contributed by atoms with Crippen molar-refractivity contribution in [1.29, 1.82) is 0 Å². The van der Waals surface area contributed by atoms with E-state index in [1.54, 1.807) is 25.1 Å². The summed E-state index contributed by atoms with van der Waals surface area (Å²) in [6.07, 6.45) is 1.82. The Morgan fingerprint density at radius 3 is 2.90 bits per heavy atom. The predicted octanol–water partition coefficient (Wildman–Crippen LogP) is 3.78. The van der Waals surface area contributed by atoms with Crippen LogP contribution in [0.3, 0.4) is 0 Å². The lowest BCUT2D eigenvalue weighted by molar-refractivity contribution is 0.102. The van der Waals surface area contributed by atoms with Gasteiger partial charge >= 0.3 is 0 Å². The highest BCUT2D eigenvalue weighted by Gasteiger charge is 2.12. The second-order valence-electron chi connectivity index (χ2n) is 4.47. The Kier molecular flexibility index (Phi) is 3.16. The molecule has 0 aliphatic carbocycles. The van der Waals surface area contributed by atoms with E-state index in [1.165, 1.54) is 0 Å². The summed E-state index contributed by atoms with van der Waals surface area (Å²) in [4.78, 5) is 19.6. The monoisotopic (exact) mass is 285 g/mol. The molecule has 0 saturated carbocycles. The maximum absolute atomic E-state index is 12.4. The van der Waals surface area contributed by atoms with Gasteiger partial charge in [0.15, 0.2) is 0 Å². The number of hydrogen-bond donors (Lipinski definition) is 2. The Morgan fingerprint density at radius 2 is 2.10 bits per heavy atom. The number of aromatic nitrogens is 2. The van der Waals surface area contributed by atoms with E-state index >= 15 is 0 Å². The van der Waals surface area contributed by atoms with Gasteiger partial charge in [0, 0.05) is 11.6 Å². The first-order chi connectivity index (χ1) is 9.65. The van der Waals surface area contributed by atoms with E-state index in [9.17, 15) is 4.79 Å². The number of nitrogens with one attached hydrogen (secondary N) is 2. The number of halogens is 1. The van der Waals surface area contributed by atoms with E-state index in [-0.39, 0.29) is 5.91 Å². The molecule has 1 aromatic carbocycles. The highest BCUT2D eigenvalue weighted by molar-refractivity contribution is 6.29. The number of hydrogen-bond acceptors (Lipinski definition) is 2. The van der Waals surface area contributed by atoms with Crippen LogP contribution in [0, 0.1) is 6.92 Å². The third-order valence-corrected chi connectivity index (χ3v) is 3.34. The number of fused-ring (bicyclic) bond motifs is 1. The van der Waals surface area contributed by atoms with Gasteiger partial charge in [-0.05, 0) is 31.2 Å². The molecule has 4 nitrogen and oxygen atoms in total. The Hall–Kier alpha value is -2.33. The number of pyridine rings is 1. The highest BCUT2D eigenvalue weighted by Crippen LogP contribution is 2.20. The molecule has 0 aliphatic rings. The predicted molar refractivity (Wildman–Crippen MR) is 80.2 cm³/mol. The van der Waals surface area contributed by atoms with Crippen molar-refractivity contribution in [2.45, 2.75) is 6.92 Å². The van der Waals surface area contributed by atoms with Crippen LogP contribution in [-0.2, 0) is 0 Å². The van der Waals surface area contributed by atoms with Crippen LogP contribution in [0.15, 0.2) is 42.6 Å². The van der Waals surface area contributed by atoms with Gasteiger partial charge in [-0.2, -0.15) is 0 Å². The van der Waals surface area contributed by atoms with Crippen molar-refractivity contribution in [3.63, 3.8) is 0 Å². The summed E-state index contributed by atoms with van der Waals surface area (Å²) in [6.45, 7) is 1.80. The zero-order chi connectivity index (χ0) is 14.1. The molecule has 20 heavy (non-hydrogen) atoms. The lowest BCUT2D eigenvalue weighted by Crippen LogP contribution is -2.13. The minimum atomic E-state index is -0.176. The van der Waals surface area contributed by atoms with Crippen molar-refractivity contribution in [1.82, 2.24) is 9.97 Å². The van der Waals surface area contributed by atoms with E-state index in [2.05, 4.69) is 15.3 Å². The summed E-state index contributed by atoms with van der Waals surface area (Å²) >= 11 is 5.81. The third kappa shape index (κ3) is 2.26. The molecule has 2 heterocycles. The van der Waals surface area contributed by atoms with Crippen molar-refractivity contribution in [3.05, 3.63) is 59.0 Å². The second kappa shape index (κ2) is 4.98. The Bertz CT molecular complexity index is 795. The van der Waals surface area contributed by atoms with Crippen LogP contribution < -0.4 is 5.32 Å². The molecule has 1 amide bonds. The number of benzene rings is 1. The van der Waals surface area contributed by atoms with Crippen LogP contribution in [-0.4, -0.2) is 15.9 Å². The molecular weight excluding hydrogens is 274 g/mol. The summed E-state index contributed by atoms with van der Waals surface area (Å²) in [5.74, 6) is -0.176. The normalized spacial score (nSPS) is 10.7. The molecule has 0 bridgehead atoms. The van der Waals surface area contributed by atoms with Crippen LogP contribution in [0.1, 0.15) is 16.1 Å². The lowest BCUT2D eigenvalue weighted by atomic mass is 10.1. The number of aryl methyl sites for hydroxylation is 1. The SMILES string of the molecule is Cc1nc(Cl)ccc1NC(=O)c1cccc2cc[nH]c12. The fourth-order valence-corrected chi connectivity index (χ4v) is 2.32. The molecule has 5 heteroatoms. The number of rotatable bonds is 2. The quantitative estimate of drug-likeness (QED) is 0.704. The minimum absolute atomic E-state index is 0.176. The summed E-state index contributed by atoms with van der Waals surface area (Å²) in [6, 6.07) is 10.9. The van der Waals surface area contributed by atoms with E-state index < -0.39 is 0 Å². The first-order valence-corrected chi connectivity index (χ1v) is 6.53. The molecule has 0 spiro atoms. The minimum Gasteiger partial charge on any atom is -0.361 e. The van der Waals surface area contributed by atoms with Gasteiger partial charge in [0.1, 0.15) is 5.15 Å². The maximum Gasteiger partial charge on any atom is 0.257 e. The van der Waals surface area contributed by atoms with Gasteiger partial charge < -0.3 is 10.3 Å². The summed E-state index contributed by atoms with van der Waals surface area (Å²) in [5, 5.41) is 4.27. The zero-order valence-electron chi connectivity index (χ0n) is 10.8. The summed E-state index contributed by atoms with van der Waals surface area (Å²) < 4.78 is 0. The first kappa shape index (κ1) is 12.7. The van der Waals surface area contributed by atoms with E-state index in [4.69, 9.17) is 11.6 Å². The lowest BCUT2D eigenvalue weighted by Gasteiger charge is -2.08. The average molecular weight is 286 g/mol. The molecule has 0 saturated heterocycles. The molecule has 0 fully saturated rings. The van der Waals surface area contributed by atoms with Crippen LogP contribution in [0.4, 0.5) is 5.69 Å². The average Bonchev–Trinajstić information content (AvgIpc) is 2.90. The van der Waals surface area contributed by atoms with Crippen molar-refractivity contribution in [3.8, 4) is 0 Å².